The highest BCUT2D eigenvalue weighted by molar-refractivity contribution is 5.90. The minimum atomic E-state index is -0.949. The van der Waals surface area contributed by atoms with Gasteiger partial charge >= 0.3 is 5.97 Å². The van der Waals surface area contributed by atoms with Crippen molar-refractivity contribution in [2.75, 3.05) is 0 Å². The Bertz CT molecular complexity index is 920. The molecule has 0 saturated heterocycles. The summed E-state index contributed by atoms with van der Waals surface area (Å²) in [4.78, 5) is 35.1. The maximum absolute atomic E-state index is 12.5. The number of hydrogen-bond donors (Lipinski definition) is 1. The number of rotatable bonds is 6. The Morgan fingerprint density at radius 2 is 1.87 bits per heavy atom. The molecule has 1 saturated carbocycles. The number of hydrogen-bond acceptors (Lipinski definition) is 6. The third-order valence-electron chi connectivity index (χ3n) is 5.86. The van der Waals surface area contributed by atoms with Crippen molar-refractivity contribution in [3.05, 3.63) is 52.3 Å². The Morgan fingerprint density at radius 3 is 2.53 bits per heavy atom. The summed E-state index contributed by atoms with van der Waals surface area (Å²) in [5, 5.41) is 13.7. The molecule has 160 valence electrons. The molecule has 0 aliphatic heterocycles. The van der Waals surface area contributed by atoms with Gasteiger partial charge in [-0.2, -0.15) is 0 Å². The fourth-order valence-electron chi connectivity index (χ4n) is 3.71. The maximum Gasteiger partial charge on any atom is 0.375 e. The van der Waals surface area contributed by atoms with Gasteiger partial charge in [-0.15, -0.1) is 0 Å². The molecule has 1 amide bonds. The van der Waals surface area contributed by atoms with Crippen molar-refractivity contribution in [2.24, 2.45) is 11.8 Å². The molecule has 1 aliphatic carbocycles. The van der Waals surface area contributed by atoms with E-state index in [2.05, 4.69) is 19.2 Å². The molecule has 0 unspecified atom stereocenters. The Labute approximate surface area is 174 Å². The number of nitro groups is 1. The number of non-ortho nitro benzene ring substituents is 1. The number of nitro benzene ring substituents is 1. The number of nitrogens with zero attached hydrogens (tertiary/aromatic N) is 1. The summed E-state index contributed by atoms with van der Waals surface area (Å²) >= 11 is 0. The molecule has 0 spiro atoms. The van der Waals surface area contributed by atoms with Crippen LogP contribution in [0.15, 0.2) is 40.8 Å². The van der Waals surface area contributed by atoms with Gasteiger partial charge in [0.15, 0.2) is 6.10 Å². The van der Waals surface area contributed by atoms with Crippen molar-refractivity contribution in [3.63, 3.8) is 0 Å². The van der Waals surface area contributed by atoms with E-state index in [1.54, 1.807) is 6.07 Å². The van der Waals surface area contributed by atoms with Gasteiger partial charge in [-0.1, -0.05) is 26.7 Å². The first-order chi connectivity index (χ1) is 14.3. The third kappa shape index (κ3) is 4.87. The van der Waals surface area contributed by atoms with Gasteiger partial charge in [0.2, 0.25) is 5.76 Å². The number of carbonyl (C=O) groups excluding carboxylic acids is 2. The standard InChI is InChI=1S/C22H26N2O6/c1-13-5-4-6-18(14(13)2)23-21(25)15(3)29-22(26)20-12-11-19(30-20)16-7-9-17(10-8-16)24(27)28/h7-15,18H,4-6H2,1-3H3,(H,23,25)/t13-,14-,15-,18-/m1/s1. The van der Waals surface area contributed by atoms with Gasteiger partial charge in [-0.25, -0.2) is 4.79 Å². The molecule has 8 heteroatoms. The van der Waals surface area contributed by atoms with E-state index in [-0.39, 0.29) is 23.4 Å². The van der Waals surface area contributed by atoms with E-state index in [0.29, 0.717) is 23.2 Å². The molecular weight excluding hydrogens is 388 g/mol. The summed E-state index contributed by atoms with van der Waals surface area (Å²) in [5.41, 5.74) is 0.553. The van der Waals surface area contributed by atoms with E-state index in [4.69, 9.17) is 9.15 Å². The molecule has 1 N–H and O–H groups in total. The van der Waals surface area contributed by atoms with Gasteiger partial charge in [0, 0.05) is 23.7 Å². The Morgan fingerprint density at radius 1 is 1.17 bits per heavy atom. The second kappa shape index (κ2) is 9.11. The van der Waals surface area contributed by atoms with Gasteiger partial charge in [-0.3, -0.25) is 14.9 Å². The highest BCUT2D eigenvalue weighted by atomic mass is 16.6. The predicted molar refractivity (Wildman–Crippen MR) is 110 cm³/mol. The van der Waals surface area contributed by atoms with Gasteiger partial charge in [0.25, 0.3) is 11.6 Å². The van der Waals surface area contributed by atoms with Crippen LogP contribution in [0.3, 0.4) is 0 Å². The van der Waals surface area contributed by atoms with Crippen LogP contribution in [-0.4, -0.2) is 28.9 Å². The number of nitrogens with one attached hydrogen (secondary N) is 1. The Kier molecular flexibility index (Phi) is 6.54. The van der Waals surface area contributed by atoms with E-state index < -0.39 is 17.0 Å². The number of furan rings is 1. The van der Waals surface area contributed by atoms with Gasteiger partial charge in [0.05, 0.1) is 4.92 Å². The van der Waals surface area contributed by atoms with E-state index in [1.807, 2.05) is 0 Å². The highest BCUT2D eigenvalue weighted by Gasteiger charge is 2.30. The monoisotopic (exact) mass is 414 g/mol. The minimum Gasteiger partial charge on any atom is -0.449 e. The molecule has 30 heavy (non-hydrogen) atoms. The quantitative estimate of drug-likeness (QED) is 0.427. The van der Waals surface area contributed by atoms with E-state index in [1.165, 1.54) is 37.3 Å². The molecule has 1 aromatic heterocycles. The summed E-state index contributed by atoms with van der Waals surface area (Å²) in [6, 6.07) is 8.90. The number of benzene rings is 1. The maximum atomic E-state index is 12.5. The lowest BCUT2D eigenvalue weighted by Gasteiger charge is -2.35. The first-order valence-electron chi connectivity index (χ1n) is 10.1. The zero-order chi connectivity index (χ0) is 21.8. The lowest BCUT2D eigenvalue weighted by molar-refractivity contribution is -0.384. The van der Waals surface area contributed by atoms with Crippen molar-refractivity contribution in [1.29, 1.82) is 0 Å². The van der Waals surface area contributed by atoms with Crippen molar-refractivity contribution in [3.8, 4) is 11.3 Å². The first-order valence-corrected chi connectivity index (χ1v) is 10.1. The van der Waals surface area contributed by atoms with Crippen LogP contribution < -0.4 is 5.32 Å². The highest BCUT2D eigenvalue weighted by Crippen LogP contribution is 2.29. The van der Waals surface area contributed by atoms with E-state index >= 15 is 0 Å². The third-order valence-corrected chi connectivity index (χ3v) is 5.86. The molecule has 0 radical (unpaired) electrons. The van der Waals surface area contributed by atoms with Gasteiger partial charge < -0.3 is 14.5 Å². The Hall–Kier alpha value is -3.16. The minimum absolute atomic E-state index is 0.0357. The summed E-state index contributed by atoms with van der Waals surface area (Å²) in [7, 11) is 0. The molecule has 2 aromatic rings. The largest absolute Gasteiger partial charge is 0.449 e. The summed E-state index contributed by atoms with van der Waals surface area (Å²) in [5.74, 6) is 0.191. The topological polar surface area (TPSA) is 112 Å². The zero-order valence-corrected chi connectivity index (χ0v) is 17.3. The fourth-order valence-corrected chi connectivity index (χ4v) is 3.71. The summed E-state index contributed by atoms with van der Waals surface area (Å²) in [6.45, 7) is 5.85. The van der Waals surface area contributed by atoms with Crippen LogP contribution >= 0.6 is 0 Å². The van der Waals surface area contributed by atoms with Crippen LogP contribution in [0.5, 0.6) is 0 Å². The number of amides is 1. The van der Waals surface area contributed by atoms with Crippen LogP contribution in [0.4, 0.5) is 5.69 Å². The predicted octanol–water partition coefficient (Wildman–Crippen LogP) is 4.34. The van der Waals surface area contributed by atoms with Crippen molar-refractivity contribution < 1.29 is 23.7 Å². The van der Waals surface area contributed by atoms with Crippen LogP contribution in [0.25, 0.3) is 11.3 Å². The van der Waals surface area contributed by atoms with Crippen LogP contribution in [0.1, 0.15) is 50.6 Å². The fraction of sp³-hybridized carbons (Fsp3) is 0.455. The molecule has 3 rings (SSSR count). The average molecular weight is 414 g/mol. The average Bonchev–Trinajstić information content (AvgIpc) is 3.22. The molecule has 8 nitrogen and oxygen atoms in total. The molecular formula is C22H26N2O6. The molecule has 1 aromatic carbocycles. The number of esters is 1. The SMILES string of the molecule is C[C@@H]1[C@H](C)CCC[C@H]1NC(=O)[C@@H](C)OC(=O)c1ccc(-c2ccc([N+](=O)[O-])cc2)o1. The first kappa shape index (κ1) is 21.5. The lowest BCUT2D eigenvalue weighted by atomic mass is 9.78. The van der Waals surface area contributed by atoms with Gasteiger partial charge in [0.1, 0.15) is 5.76 Å². The lowest BCUT2D eigenvalue weighted by Crippen LogP contribution is -2.47. The van der Waals surface area contributed by atoms with Crippen LogP contribution in [0, 0.1) is 22.0 Å². The van der Waals surface area contributed by atoms with Crippen LogP contribution in [-0.2, 0) is 9.53 Å². The van der Waals surface area contributed by atoms with E-state index in [0.717, 1.165) is 19.3 Å². The van der Waals surface area contributed by atoms with Gasteiger partial charge in [-0.05, 0) is 49.4 Å². The molecule has 1 aliphatic rings. The van der Waals surface area contributed by atoms with Crippen LogP contribution in [0.2, 0.25) is 0 Å². The van der Waals surface area contributed by atoms with Crippen molar-refractivity contribution in [2.45, 2.75) is 52.2 Å². The molecule has 4 atom stereocenters. The normalized spacial score (nSPS) is 22.2. The zero-order valence-electron chi connectivity index (χ0n) is 17.3. The summed E-state index contributed by atoms with van der Waals surface area (Å²) in [6.07, 6.45) is 2.21. The van der Waals surface area contributed by atoms with E-state index in [9.17, 15) is 19.7 Å². The molecule has 1 heterocycles. The van der Waals surface area contributed by atoms with Crippen molar-refractivity contribution >= 4 is 17.6 Å². The van der Waals surface area contributed by atoms with Crippen molar-refractivity contribution in [1.82, 2.24) is 5.32 Å². The number of carbonyl (C=O) groups is 2. The second-order valence-electron chi connectivity index (χ2n) is 7.90. The Balaban J connectivity index is 1.59. The molecule has 1 fully saturated rings. The second-order valence-corrected chi connectivity index (χ2v) is 7.90. The molecule has 0 bridgehead atoms. The smallest absolute Gasteiger partial charge is 0.375 e. The number of ether oxygens (including phenoxy) is 1. The summed E-state index contributed by atoms with van der Waals surface area (Å²) < 4.78 is 10.8.